The lowest BCUT2D eigenvalue weighted by atomic mass is 10.1. The van der Waals surface area contributed by atoms with Crippen LogP contribution in [0.5, 0.6) is 0 Å². The molecular weight excluding hydrogens is 274 g/mol. The van der Waals surface area contributed by atoms with E-state index in [1.807, 2.05) is 51.9 Å². The minimum absolute atomic E-state index is 0.0962. The van der Waals surface area contributed by atoms with E-state index >= 15 is 0 Å². The molecule has 0 aliphatic heterocycles. The number of benzene rings is 1. The molecule has 118 valence electrons. The summed E-state index contributed by atoms with van der Waals surface area (Å²) in [4.78, 5) is 12.9. The molecule has 4 nitrogen and oxygen atoms in total. The number of para-hydroxylation sites is 1. The maximum atomic E-state index is 12.9. The van der Waals surface area contributed by atoms with Crippen LogP contribution in [0.15, 0.2) is 42.7 Å². The van der Waals surface area contributed by atoms with Crippen molar-refractivity contribution in [2.45, 2.75) is 52.6 Å². The average Bonchev–Trinajstić information content (AvgIpc) is 2.84. The van der Waals surface area contributed by atoms with Crippen LogP contribution >= 0.6 is 0 Å². The normalized spacial score (nSPS) is 12.3. The van der Waals surface area contributed by atoms with Crippen molar-refractivity contribution in [3.63, 3.8) is 0 Å². The van der Waals surface area contributed by atoms with Crippen LogP contribution in [0, 0.1) is 0 Å². The predicted molar refractivity (Wildman–Crippen MR) is 89.0 cm³/mol. The fourth-order valence-electron chi connectivity index (χ4n) is 2.40. The van der Waals surface area contributed by atoms with Crippen LogP contribution in [-0.4, -0.2) is 10.5 Å². The lowest BCUT2D eigenvalue weighted by molar-refractivity contribution is -0.755. The molecule has 22 heavy (non-hydrogen) atoms. The summed E-state index contributed by atoms with van der Waals surface area (Å²) < 4.78 is 4.05. The van der Waals surface area contributed by atoms with Crippen molar-refractivity contribution >= 4 is 11.6 Å². The zero-order valence-corrected chi connectivity index (χ0v) is 14.3. The van der Waals surface area contributed by atoms with Gasteiger partial charge in [0.05, 0.1) is 0 Å². The van der Waals surface area contributed by atoms with E-state index in [0.29, 0.717) is 5.82 Å². The predicted octanol–water partition coefficient (Wildman–Crippen LogP) is 3.54. The molecule has 2 rings (SSSR count). The number of rotatable bonds is 2. The van der Waals surface area contributed by atoms with Crippen molar-refractivity contribution in [3.8, 4) is 0 Å². The van der Waals surface area contributed by atoms with Gasteiger partial charge in [-0.05, 0) is 53.7 Å². The number of anilines is 1. The zero-order chi connectivity index (χ0) is 16.5. The SMILES string of the molecule is CC(C)(C)n1cc[n+](C(C)(C)C)c1C(=O)Nc1ccccc1. The van der Waals surface area contributed by atoms with Gasteiger partial charge < -0.3 is 5.32 Å². The monoisotopic (exact) mass is 300 g/mol. The van der Waals surface area contributed by atoms with Crippen LogP contribution in [0.3, 0.4) is 0 Å². The van der Waals surface area contributed by atoms with Crippen molar-refractivity contribution in [3.05, 3.63) is 48.5 Å². The van der Waals surface area contributed by atoms with Gasteiger partial charge in [-0.3, -0.25) is 4.79 Å². The average molecular weight is 300 g/mol. The summed E-state index contributed by atoms with van der Waals surface area (Å²) in [5.74, 6) is 0.560. The molecule has 1 amide bonds. The zero-order valence-electron chi connectivity index (χ0n) is 14.3. The molecule has 4 heteroatoms. The molecule has 0 saturated heterocycles. The van der Waals surface area contributed by atoms with E-state index in [0.717, 1.165) is 5.69 Å². The Morgan fingerprint density at radius 3 is 2.14 bits per heavy atom. The van der Waals surface area contributed by atoms with E-state index in [-0.39, 0.29) is 17.0 Å². The molecule has 1 heterocycles. The molecule has 0 spiro atoms. The van der Waals surface area contributed by atoms with Gasteiger partial charge >= 0.3 is 11.7 Å². The standard InChI is InChI=1S/C18H25N3O/c1-17(2,3)20-12-13-21(18(4,5)6)16(20)15(22)19-14-10-8-7-9-11-14/h7-13H,1-6H3/p+1. The molecule has 1 aromatic heterocycles. The molecule has 0 atom stereocenters. The first kappa shape index (κ1) is 16.3. The Balaban J connectivity index is 2.47. The highest BCUT2D eigenvalue weighted by Crippen LogP contribution is 2.19. The lowest BCUT2D eigenvalue weighted by Gasteiger charge is -2.21. The van der Waals surface area contributed by atoms with Crippen molar-refractivity contribution < 1.29 is 9.36 Å². The first-order valence-electron chi connectivity index (χ1n) is 7.61. The van der Waals surface area contributed by atoms with Gasteiger partial charge in [0.25, 0.3) is 0 Å². The summed E-state index contributed by atoms with van der Waals surface area (Å²) in [6, 6.07) is 9.54. The molecular formula is C18H26N3O+. The Labute approximate surface area is 132 Å². The molecule has 0 unspecified atom stereocenters. The topological polar surface area (TPSA) is 37.9 Å². The number of nitrogens with zero attached hydrogens (tertiary/aromatic N) is 2. The van der Waals surface area contributed by atoms with Crippen LogP contribution in [0.4, 0.5) is 5.69 Å². The van der Waals surface area contributed by atoms with Crippen LogP contribution in [-0.2, 0) is 11.1 Å². The van der Waals surface area contributed by atoms with E-state index in [1.54, 1.807) is 0 Å². The maximum Gasteiger partial charge on any atom is 0.349 e. The molecule has 0 fully saturated rings. The third-order valence-corrected chi connectivity index (χ3v) is 3.50. The van der Waals surface area contributed by atoms with Crippen molar-refractivity contribution in [2.24, 2.45) is 0 Å². The molecule has 0 radical (unpaired) electrons. The minimum atomic E-state index is -0.167. The first-order valence-corrected chi connectivity index (χ1v) is 7.61. The number of hydrogen-bond acceptors (Lipinski definition) is 1. The summed E-state index contributed by atoms with van der Waals surface area (Å²) >= 11 is 0. The van der Waals surface area contributed by atoms with Crippen LogP contribution in [0.2, 0.25) is 0 Å². The highest BCUT2D eigenvalue weighted by molar-refractivity contribution is 6.00. The van der Waals surface area contributed by atoms with Gasteiger partial charge in [0, 0.05) is 5.69 Å². The van der Waals surface area contributed by atoms with Crippen LogP contribution in [0.1, 0.15) is 52.2 Å². The summed E-state index contributed by atoms with van der Waals surface area (Å²) in [6.07, 6.45) is 3.95. The summed E-state index contributed by atoms with van der Waals surface area (Å²) in [5, 5.41) is 2.99. The highest BCUT2D eigenvalue weighted by atomic mass is 16.2. The molecule has 1 aromatic carbocycles. The van der Waals surface area contributed by atoms with Crippen LogP contribution < -0.4 is 9.88 Å². The van der Waals surface area contributed by atoms with Crippen molar-refractivity contribution in [1.82, 2.24) is 4.57 Å². The number of imidazole rings is 1. The number of hydrogen-bond donors (Lipinski definition) is 1. The van der Waals surface area contributed by atoms with Gasteiger partial charge in [-0.25, -0.2) is 9.13 Å². The Kier molecular flexibility index (Phi) is 4.14. The first-order chi connectivity index (χ1) is 10.1. The summed E-state index contributed by atoms with van der Waals surface area (Å²) in [6.45, 7) is 12.6. The molecule has 0 aliphatic carbocycles. The van der Waals surface area contributed by atoms with Crippen molar-refractivity contribution in [1.29, 1.82) is 0 Å². The second-order valence-corrected chi connectivity index (χ2v) is 7.52. The van der Waals surface area contributed by atoms with Gasteiger partial charge in [-0.2, -0.15) is 0 Å². The third kappa shape index (κ3) is 3.38. The lowest BCUT2D eigenvalue weighted by Crippen LogP contribution is -2.54. The van der Waals surface area contributed by atoms with E-state index in [4.69, 9.17) is 0 Å². The Hall–Kier alpha value is -2.10. The second kappa shape index (κ2) is 5.59. The second-order valence-electron chi connectivity index (χ2n) is 7.52. The highest BCUT2D eigenvalue weighted by Gasteiger charge is 2.36. The fourth-order valence-corrected chi connectivity index (χ4v) is 2.40. The largest absolute Gasteiger partial charge is 0.349 e. The molecule has 1 N–H and O–H groups in total. The Bertz CT molecular complexity index is 626. The van der Waals surface area contributed by atoms with E-state index in [1.165, 1.54) is 0 Å². The summed E-state index contributed by atoms with van der Waals surface area (Å²) in [5.41, 5.74) is 0.467. The Morgan fingerprint density at radius 2 is 1.64 bits per heavy atom. The van der Waals surface area contributed by atoms with Gasteiger partial charge in [-0.15, -0.1) is 0 Å². The third-order valence-electron chi connectivity index (χ3n) is 3.50. The molecule has 0 saturated carbocycles. The van der Waals surface area contributed by atoms with E-state index in [2.05, 4.69) is 46.9 Å². The minimum Gasteiger partial charge on any atom is -0.315 e. The van der Waals surface area contributed by atoms with Gasteiger partial charge in [0.1, 0.15) is 23.5 Å². The summed E-state index contributed by atoms with van der Waals surface area (Å²) in [7, 11) is 0. The number of nitrogens with one attached hydrogen (secondary N) is 1. The van der Waals surface area contributed by atoms with Crippen LogP contribution in [0.25, 0.3) is 0 Å². The Morgan fingerprint density at radius 1 is 1.05 bits per heavy atom. The molecule has 0 bridgehead atoms. The van der Waals surface area contributed by atoms with E-state index < -0.39 is 0 Å². The van der Waals surface area contributed by atoms with Crippen molar-refractivity contribution in [2.75, 3.05) is 5.32 Å². The number of carbonyl (C=O) groups excluding carboxylic acids is 1. The molecule has 2 aromatic rings. The molecule has 0 aliphatic rings. The number of aromatic nitrogens is 2. The van der Waals surface area contributed by atoms with E-state index in [9.17, 15) is 4.79 Å². The smallest absolute Gasteiger partial charge is 0.315 e. The quantitative estimate of drug-likeness (QED) is 0.846. The van der Waals surface area contributed by atoms with Gasteiger partial charge in [0.15, 0.2) is 0 Å². The van der Waals surface area contributed by atoms with Gasteiger partial charge in [0.2, 0.25) is 0 Å². The maximum absolute atomic E-state index is 12.9. The van der Waals surface area contributed by atoms with Gasteiger partial charge in [-0.1, -0.05) is 18.2 Å². The fraction of sp³-hybridized carbons (Fsp3) is 0.444. The number of carbonyl (C=O) groups is 1. The number of amides is 1.